The topological polar surface area (TPSA) is 54.5 Å². The number of nitrogens with zero attached hydrogens (tertiary/aromatic N) is 1. The monoisotopic (exact) mass is 345 g/mol. The molecular formula is C14H20ClNO3SSi. The van der Waals surface area contributed by atoms with Crippen molar-refractivity contribution in [1.29, 1.82) is 0 Å². The van der Waals surface area contributed by atoms with Gasteiger partial charge < -0.3 is 0 Å². The van der Waals surface area contributed by atoms with Gasteiger partial charge in [-0.1, -0.05) is 55.5 Å². The third-order valence-electron chi connectivity index (χ3n) is 4.62. The summed E-state index contributed by atoms with van der Waals surface area (Å²) in [5.41, 5.74) is 0.000856. The van der Waals surface area contributed by atoms with E-state index in [1.807, 2.05) is 25.1 Å². The number of hydrogen-bond donors (Lipinski definition) is 0. The van der Waals surface area contributed by atoms with Crippen LogP contribution in [0.1, 0.15) is 13.8 Å². The largest absolute Gasteiger partial charge is 0.324 e. The van der Waals surface area contributed by atoms with Gasteiger partial charge in [0, 0.05) is 22.6 Å². The summed E-state index contributed by atoms with van der Waals surface area (Å²) in [6, 6.07) is 9.63. The Balaban J connectivity index is 2.47. The molecule has 0 spiro atoms. The van der Waals surface area contributed by atoms with Crippen molar-refractivity contribution in [1.82, 2.24) is 4.31 Å². The van der Waals surface area contributed by atoms with Gasteiger partial charge in [-0.15, -0.1) is 0 Å². The Kier molecular flexibility index (Phi) is 4.25. The highest BCUT2D eigenvalue weighted by atomic mass is 35.7. The van der Waals surface area contributed by atoms with Gasteiger partial charge in [-0.05, 0) is 12.5 Å². The van der Waals surface area contributed by atoms with Gasteiger partial charge in [0.2, 0.25) is 5.91 Å². The van der Waals surface area contributed by atoms with Gasteiger partial charge in [0.25, 0.3) is 0 Å². The van der Waals surface area contributed by atoms with Crippen molar-refractivity contribution in [3.05, 3.63) is 30.3 Å². The van der Waals surface area contributed by atoms with E-state index in [0.29, 0.717) is 0 Å². The zero-order chi connectivity index (χ0) is 16.0. The van der Waals surface area contributed by atoms with Gasteiger partial charge in [-0.3, -0.25) is 4.79 Å². The molecule has 21 heavy (non-hydrogen) atoms. The number of carbonyl (C=O) groups is 1. The van der Waals surface area contributed by atoms with Gasteiger partial charge in [0.15, 0.2) is 0 Å². The number of rotatable bonds is 3. The van der Waals surface area contributed by atoms with Crippen LogP contribution < -0.4 is 5.19 Å². The van der Waals surface area contributed by atoms with Crippen LogP contribution in [0, 0.1) is 5.92 Å². The average molecular weight is 346 g/mol. The van der Waals surface area contributed by atoms with Crippen LogP contribution >= 0.6 is 10.7 Å². The fourth-order valence-electron chi connectivity index (χ4n) is 3.71. The van der Waals surface area contributed by atoms with E-state index in [4.69, 9.17) is 10.7 Å². The minimum absolute atomic E-state index is 0.000856. The summed E-state index contributed by atoms with van der Waals surface area (Å²) >= 11 is 0. The molecular weight excluding hydrogens is 326 g/mol. The Morgan fingerprint density at radius 2 is 1.67 bits per heavy atom. The van der Waals surface area contributed by atoms with Crippen molar-refractivity contribution in [3.8, 4) is 0 Å². The van der Waals surface area contributed by atoms with Gasteiger partial charge in [0.05, 0.1) is 8.07 Å². The molecule has 116 valence electrons. The van der Waals surface area contributed by atoms with Crippen LogP contribution in [-0.4, -0.2) is 32.7 Å². The molecule has 1 amide bonds. The van der Waals surface area contributed by atoms with E-state index >= 15 is 0 Å². The normalized spacial score (nSPS) is 27.2. The second kappa shape index (κ2) is 5.41. The van der Waals surface area contributed by atoms with Gasteiger partial charge in [-0.25, -0.2) is 4.31 Å². The molecule has 0 bridgehead atoms. The SMILES string of the molecule is C[C@@H]1C(=O)N(S(=O)(=O)Cl)[C@H](C)[C@H]1[Si](C)(C)c1ccccc1. The van der Waals surface area contributed by atoms with Crippen molar-refractivity contribution in [2.24, 2.45) is 5.92 Å². The van der Waals surface area contributed by atoms with Gasteiger partial charge in [-0.2, -0.15) is 8.42 Å². The summed E-state index contributed by atoms with van der Waals surface area (Å²) in [4.78, 5) is 12.3. The lowest BCUT2D eigenvalue weighted by Crippen LogP contribution is -2.50. The third-order valence-corrected chi connectivity index (χ3v) is 10.5. The molecule has 1 aliphatic rings. The van der Waals surface area contributed by atoms with E-state index in [2.05, 4.69) is 25.2 Å². The predicted octanol–water partition coefficient (Wildman–Crippen LogP) is 2.32. The van der Waals surface area contributed by atoms with Crippen LogP contribution in [0.3, 0.4) is 0 Å². The molecule has 0 saturated carbocycles. The molecule has 3 atom stereocenters. The van der Waals surface area contributed by atoms with Crippen LogP contribution in [0.2, 0.25) is 18.6 Å². The maximum absolute atomic E-state index is 12.3. The lowest BCUT2D eigenvalue weighted by Gasteiger charge is -2.35. The standard InChI is InChI=1S/C14H20ClNO3SSi/c1-10-13(11(2)16(14(10)17)20(15,18)19)21(3,4)12-8-6-5-7-9-12/h5-11,13H,1-4H3/t10-,11+,13-/m0/s1. The summed E-state index contributed by atoms with van der Waals surface area (Å²) in [5.74, 6) is -0.727. The van der Waals surface area contributed by atoms with Crippen LogP contribution in [-0.2, 0) is 14.0 Å². The lowest BCUT2D eigenvalue weighted by atomic mass is 10.1. The van der Waals surface area contributed by atoms with E-state index in [1.165, 1.54) is 5.19 Å². The van der Waals surface area contributed by atoms with E-state index in [0.717, 1.165) is 4.31 Å². The Morgan fingerprint density at radius 1 is 1.14 bits per heavy atom. The Morgan fingerprint density at radius 3 is 2.10 bits per heavy atom. The maximum atomic E-state index is 12.3. The Labute approximate surface area is 131 Å². The van der Waals surface area contributed by atoms with E-state index in [9.17, 15) is 13.2 Å². The molecule has 2 rings (SSSR count). The number of carbonyl (C=O) groups excluding carboxylic acids is 1. The van der Waals surface area contributed by atoms with Crippen molar-refractivity contribution in [2.45, 2.75) is 38.5 Å². The second-order valence-corrected chi connectivity index (χ2v) is 13.3. The summed E-state index contributed by atoms with van der Waals surface area (Å²) in [5, 5.41) is 1.22. The first-order valence-electron chi connectivity index (χ1n) is 6.92. The van der Waals surface area contributed by atoms with Gasteiger partial charge in [0.1, 0.15) is 0 Å². The molecule has 1 heterocycles. The second-order valence-electron chi connectivity index (χ2n) is 6.22. The summed E-state index contributed by atoms with van der Waals surface area (Å²) in [6.07, 6.45) is 0. The number of hydrogen-bond acceptors (Lipinski definition) is 3. The molecule has 0 unspecified atom stereocenters. The highest BCUT2D eigenvalue weighted by molar-refractivity contribution is 8.12. The molecule has 4 nitrogen and oxygen atoms in total. The summed E-state index contributed by atoms with van der Waals surface area (Å²) in [6.45, 7) is 7.95. The van der Waals surface area contributed by atoms with E-state index in [-0.39, 0.29) is 17.4 Å². The van der Waals surface area contributed by atoms with Crippen LogP contribution in [0.5, 0.6) is 0 Å². The maximum Gasteiger partial charge on any atom is 0.324 e. The first-order valence-corrected chi connectivity index (χ1v) is 12.3. The zero-order valence-electron chi connectivity index (χ0n) is 12.6. The van der Waals surface area contributed by atoms with Crippen molar-refractivity contribution in [2.75, 3.05) is 0 Å². The Bertz CT molecular complexity index is 647. The Hall–Kier alpha value is -0.853. The van der Waals surface area contributed by atoms with Crippen LogP contribution in [0.15, 0.2) is 30.3 Å². The highest BCUT2D eigenvalue weighted by Gasteiger charge is 2.54. The van der Waals surface area contributed by atoms with Gasteiger partial charge >= 0.3 is 9.24 Å². The fourth-order valence-corrected chi connectivity index (χ4v) is 9.50. The summed E-state index contributed by atoms with van der Waals surface area (Å²) in [7, 11) is -0.603. The molecule has 1 fully saturated rings. The molecule has 0 radical (unpaired) electrons. The molecule has 1 aromatic carbocycles. The van der Waals surface area contributed by atoms with Crippen LogP contribution in [0.25, 0.3) is 0 Å². The summed E-state index contributed by atoms with van der Waals surface area (Å²) < 4.78 is 24.3. The fraction of sp³-hybridized carbons (Fsp3) is 0.500. The quantitative estimate of drug-likeness (QED) is 0.624. The van der Waals surface area contributed by atoms with Crippen molar-refractivity contribution in [3.63, 3.8) is 0 Å². The van der Waals surface area contributed by atoms with Crippen molar-refractivity contribution < 1.29 is 13.2 Å². The van der Waals surface area contributed by atoms with Crippen LogP contribution in [0.4, 0.5) is 0 Å². The van der Waals surface area contributed by atoms with E-state index in [1.54, 1.807) is 6.92 Å². The zero-order valence-corrected chi connectivity index (χ0v) is 15.1. The molecule has 7 heteroatoms. The van der Waals surface area contributed by atoms with Crippen molar-refractivity contribution >= 4 is 39.1 Å². The average Bonchev–Trinajstić information content (AvgIpc) is 2.61. The number of benzene rings is 1. The third kappa shape index (κ3) is 2.76. The molecule has 0 aromatic heterocycles. The van der Waals surface area contributed by atoms with E-state index < -0.39 is 23.4 Å². The highest BCUT2D eigenvalue weighted by Crippen LogP contribution is 2.44. The molecule has 0 aliphatic carbocycles. The predicted molar refractivity (Wildman–Crippen MR) is 87.6 cm³/mol. The number of halogens is 1. The smallest absolute Gasteiger partial charge is 0.273 e. The lowest BCUT2D eigenvalue weighted by molar-refractivity contribution is -0.126. The number of amides is 1. The molecule has 0 N–H and O–H groups in total. The first-order chi connectivity index (χ1) is 9.58. The molecule has 1 aromatic rings. The first kappa shape index (κ1) is 16.5. The minimum Gasteiger partial charge on any atom is -0.273 e. The molecule has 1 saturated heterocycles. The minimum atomic E-state index is -4.03. The molecule has 1 aliphatic heterocycles.